The number of pyridine rings is 1. The zero-order chi connectivity index (χ0) is 18.8. The molecule has 0 radical (unpaired) electrons. The summed E-state index contributed by atoms with van der Waals surface area (Å²) in [5, 5.41) is 16.5. The van der Waals surface area contributed by atoms with E-state index in [2.05, 4.69) is 10.5 Å². The lowest BCUT2D eigenvalue weighted by Crippen LogP contribution is -2.27. The number of nitrogens with zero attached hydrogens (tertiary/aromatic N) is 1. The van der Waals surface area contributed by atoms with Crippen LogP contribution in [0.1, 0.15) is 61.3 Å². The van der Waals surface area contributed by atoms with E-state index in [1.165, 1.54) is 6.20 Å². The first-order valence-electron chi connectivity index (χ1n) is 7.77. The molecule has 0 aromatic carbocycles. The third kappa shape index (κ3) is 4.97. The lowest BCUT2D eigenvalue weighted by molar-refractivity contribution is -0.140. The van der Waals surface area contributed by atoms with E-state index in [4.69, 9.17) is 25.8 Å². The molecule has 1 aromatic rings. The molecule has 25 heavy (non-hydrogen) atoms. The number of amidine groups is 1. The van der Waals surface area contributed by atoms with E-state index in [-0.39, 0.29) is 29.6 Å². The van der Waals surface area contributed by atoms with Crippen LogP contribution in [0.15, 0.2) is 12.3 Å². The van der Waals surface area contributed by atoms with Crippen molar-refractivity contribution >= 4 is 17.8 Å². The van der Waals surface area contributed by atoms with Gasteiger partial charge in [0.1, 0.15) is 11.4 Å². The Labute approximate surface area is 145 Å². The van der Waals surface area contributed by atoms with E-state index < -0.39 is 23.6 Å². The van der Waals surface area contributed by atoms with Gasteiger partial charge in [-0.25, -0.2) is 9.78 Å². The Hall–Kier alpha value is -2.52. The van der Waals surface area contributed by atoms with Crippen LogP contribution in [0, 0.1) is 5.41 Å². The molecule has 1 aromatic heterocycles. The normalized spacial score (nSPS) is 20.3. The molecule has 9 nitrogen and oxygen atoms in total. The Bertz CT molecular complexity index is 698. The van der Waals surface area contributed by atoms with Crippen LogP contribution in [-0.2, 0) is 14.4 Å². The molecule has 0 spiro atoms. The third-order valence-electron chi connectivity index (χ3n) is 3.47. The number of hydroxylamine groups is 1. The van der Waals surface area contributed by atoms with Gasteiger partial charge in [0, 0.05) is 11.8 Å². The summed E-state index contributed by atoms with van der Waals surface area (Å²) in [6, 6.07) is 1.27. The highest BCUT2D eigenvalue weighted by Gasteiger charge is 2.30. The van der Waals surface area contributed by atoms with Gasteiger partial charge < -0.3 is 15.6 Å². The summed E-state index contributed by atoms with van der Waals surface area (Å²) in [6.07, 6.45) is 1.31. The number of carboxylic acids is 1. The molecule has 1 aliphatic heterocycles. The van der Waals surface area contributed by atoms with Gasteiger partial charge in [-0.2, -0.15) is 5.48 Å². The summed E-state index contributed by atoms with van der Waals surface area (Å²) >= 11 is 0. The predicted octanol–water partition coefficient (Wildman–Crippen LogP) is 1.13. The van der Waals surface area contributed by atoms with Crippen LogP contribution < -0.4 is 11.2 Å². The highest BCUT2D eigenvalue weighted by molar-refractivity contribution is 6.04. The number of nitrogens with two attached hydrogens (primary N) is 1. The van der Waals surface area contributed by atoms with Gasteiger partial charge in [-0.05, 0) is 38.8 Å². The van der Waals surface area contributed by atoms with Crippen LogP contribution in [0.2, 0.25) is 0 Å². The van der Waals surface area contributed by atoms with Gasteiger partial charge in [0.15, 0.2) is 5.69 Å². The van der Waals surface area contributed by atoms with Crippen molar-refractivity contribution < 1.29 is 24.3 Å². The summed E-state index contributed by atoms with van der Waals surface area (Å²) in [7, 11) is 0. The molecule has 2 unspecified atom stereocenters. The fourth-order valence-corrected chi connectivity index (χ4v) is 2.43. The second kappa shape index (κ2) is 7.16. The van der Waals surface area contributed by atoms with Gasteiger partial charge in [-0.15, -0.1) is 0 Å². The largest absolute Gasteiger partial charge is 0.481 e. The first-order valence-corrected chi connectivity index (χ1v) is 7.77. The molecule has 0 amide bonds. The van der Waals surface area contributed by atoms with Gasteiger partial charge >= 0.3 is 11.9 Å². The number of rotatable bonds is 5. The molecule has 2 atom stereocenters. The fourth-order valence-electron chi connectivity index (χ4n) is 2.43. The molecular weight excluding hydrogens is 328 g/mol. The van der Waals surface area contributed by atoms with Crippen LogP contribution in [0.25, 0.3) is 0 Å². The monoisotopic (exact) mass is 350 g/mol. The molecule has 1 fully saturated rings. The Morgan fingerprint density at radius 3 is 2.76 bits per heavy atom. The second-order valence-corrected chi connectivity index (χ2v) is 6.82. The number of aliphatic carboxylic acids is 1. The van der Waals surface area contributed by atoms with Crippen molar-refractivity contribution in [3.8, 4) is 0 Å². The number of hydrogen-bond acceptors (Lipinski definition) is 7. The van der Waals surface area contributed by atoms with Gasteiger partial charge in [0.05, 0.1) is 18.6 Å². The smallest absolute Gasteiger partial charge is 0.358 e. The Morgan fingerprint density at radius 2 is 2.20 bits per heavy atom. The maximum Gasteiger partial charge on any atom is 0.358 e. The number of nitrogens with one attached hydrogen (secondary N) is 2. The van der Waals surface area contributed by atoms with Crippen LogP contribution in [0.4, 0.5) is 0 Å². The Morgan fingerprint density at radius 1 is 1.52 bits per heavy atom. The van der Waals surface area contributed by atoms with Gasteiger partial charge in [-0.1, -0.05) is 0 Å². The van der Waals surface area contributed by atoms with E-state index in [0.29, 0.717) is 12.0 Å². The summed E-state index contributed by atoms with van der Waals surface area (Å²) in [5.74, 6) is -1.92. The number of hydrogen-bond donors (Lipinski definition) is 4. The van der Waals surface area contributed by atoms with E-state index in [0.717, 1.165) is 0 Å². The maximum atomic E-state index is 12.2. The minimum Gasteiger partial charge on any atom is -0.481 e. The number of ether oxygens (including phenoxy) is 1. The first kappa shape index (κ1) is 18.8. The van der Waals surface area contributed by atoms with Crippen molar-refractivity contribution in [3.63, 3.8) is 0 Å². The lowest BCUT2D eigenvalue weighted by Gasteiger charge is -2.20. The van der Waals surface area contributed by atoms with E-state index in [1.807, 2.05) is 0 Å². The van der Waals surface area contributed by atoms with Crippen molar-refractivity contribution in [1.29, 1.82) is 5.41 Å². The van der Waals surface area contributed by atoms with Crippen LogP contribution >= 0.6 is 0 Å². The minimum absolute atomic E-state index is 0.0350. The second-order valence-electron chi connectivity index (χ2n) is 6.82. The van der Waals surface area contributed by atoms with Gasteiger partial charge in [0.25, 0.3) is 0 Å². The third-order valence-corrected chi connectivity index (χ3v) is 3.47. The number of carbonyl (C=O) groups excluding carboxylic acids is 1. The number of carboxylic acid groups (broad SMARTS) is 1. The fraction of sp³-hybridized carbons (Fsp3) is 0.500. The number of aromatic nitrogens is 1. The van der Waals surface area contributed by atoms with Crippen LogP contribution in [-0.4, -0.2) is 39.6 Å². The van der Waals surface area contributed by atoms with Crippen molar-refractivity contribution in [1.82, 2.24) is 10.5 Å². The number of nitrogen functional groups attached to an aromatic ring is 1. The van der Waals surface area contributed by atoms with Gasteiger partial charge in [0.2, 0.25) is 0 Å². The molecule has 0 saturated carbocycles. The molecule has 2 rings (SSSR count). The SMILES string of the molecule is CC(C)(C)OC(=O)c1ncc(C2CC(CC(=O)O)ON2)cc1C(=N)N. The first-order chi connectivity index (χ1) is 11.6. The van der Waals surface area contributed by atoms with Crippen molar-refractivity contribution in [2.75, 3.05) is 0 Å². The topological polar surface area (TPSA) is 148 Å². The molecule has 136 valence electrons. The van der Waals surface area contributed by atoms with Crippen LogP contribution in [0.5, 0.6) is 0 Å². The Balaban J connectivity index is 2.23. The molecule has 1 aliphatic rings. The molecule has 1 saturated heterocycles. The predicted molar refractivity (Wildman–Crippen MR) is 88.0 cm³/mol. The van der Waals surface area contributed by atoms with Crippen LogP contribution in [0.3, 0.4) is 0 Å². The zero-order valence-electron chi connectivity index (χ0n) is 14.3. The van der Waals surface area contributed by atoms with Gasteiger partial charge in [-0.3, -0.25) is 15.0 Å². The van der Waals surface area contributed by atoms with Crippen molar-refractivity contribution in [2.45, 2.75) is 51.4 Å². The molecule has 0 aliphatic carbocycles. The summed E-state index contributed by atoms with van der Waals surface area (Å²) < 4.78 is 5.28. The standard InChI is InChI=1S/C16H22N4O5/c1-16(2,3)24-15(23)13-10(14(17)18)4-8(7-19-13)11-5-9(25-20-11)6-12(21)22/h4,7,9,11,20H,5-6H2,1-3H3,(H3,17,18)(H,21,22). The minimum atomic E-state index is -0.949. The summed E-state index contributed by atoms with van der Waals surface area (Å²) in [5.41, 5.74) is 8.41. The highest BCUT2D eigenvalue weighted by Crippen LogP contribution is 2.28. The van der Waals surface area contributed by atoms with E-state index >= 15 is 0 Å². The number of esters is 1. The molecule has 5 N–H and O–H groups in total. The highest BCUT2D eigenvalue weighted by atomic mass is 16.7. The zero-order valence-corrected chi connectivity index (χ0v) is 14.3. The van der Waals surface area contributed by atoms with Crippen molar-refractivity contribution in [3.05, 3.63) is 29.1 Å². The summed E-state index contributed by atoms with van der Waals surface area (Å²) in [6.45, 7) is 5.19. The molecule has 2 heterocycles. The van der Waals surface area contributed by atoms with E-state index in [1.54, 1.807) is 26.8 Å². The lowest BCUT2D eigenvalue weighted by atomic mass is 10.00. The number of carbonyl (C=O) groups is 2. The Kier molecular flexibility index (Phi) is 5.39. The molecular formula is C16H22N4O5. The molecule has 9 heteroatoms. The molecule has 0 bridgehead atoms. The maximum absolute atomic E-state index is 12.2. The average Bonchev–Trinajstić information content (AvgIpc) is 2.92. The quantitative estimate of drug-likeness (QED) is 0.351. The average molecular weight is 350 g/mol. The van der Waals surface area contributed by atoms with Crippen molar-refractivity contribution in [2.24, 2.45) is 5.73 Å². The van der Waals surface area contributed by atoms with E-state index in [9.17, 15) is 9.59 Å². The summed E-state index contributed by atoms with van der Waals surface area (Å²) in [4.78, 5) is 32.4.